The Balaban J connectivity index is 1.83. The molecule has 2 aliphatic rings. The van der Waals surface area contributed by atoms with Crippen LogP contribution in [0.2, 0.25) is 0 Å². The minimum atomic E-state index is 0.0277. The highest BCUT2D eigenvalue weighted by atomic mass is 79.9. The van der Waals surface area contributed by atoms with Crippen LogP contribution in [0.15, 0.2) is 4.47 Å². The van der Waals surface area contributed by atoms with E-state index in [9.17, 15) is 0 Å². The Hall–Kier alpha value is -0.390. The predicted octanol–water partition coefficient (Wildman–Crippen LogP) is 3.16. The van der Waals surface area contributed by atoms with Gasteiger partial charge in [0.15, 0.2) is 0 Å². The van der Waals surface area contributed by atoms with E-state index < -0.39 is 0 Å². The number of hydrogen-bond acceptors (Lipinski definition) is 3. The van der Waals surface area contributed by atoms with Crippen LogP contribution in [0.5, 0.6) is 0 Å². The van der Waals surface area contributed by atoms with Crippen molar-refractivity contribution >= 4 is 15.9 Å². The summed E-state index contributed by atoms with van der Waals surface area (Å²) >= 11 is 3.62. The van der Waals surface area contributed by atoms with Gasteiger partial charge < -0.3 is 9.47 Å². The minimum Gasteiger partial charge on any atom is -0.381 e. The summed E-state index contributed by atoms with van der Waals surface area (Å²) < 4.78 is 14.9. The van der Waals surface area contributed by atoms with Crippen molar-refractivity contribution in [2.45, 2.75) is 51.2 Å². The summed E-state index contributed by atoms with van der Waals surface area (Å²) in [4.78, 5) is 0. The Morgan fingerprint density at radius 1 is 1.26 bits per heavy atom. The molecule has 1 aromatic rings. The molecule has 3 heterocycles. The summed E-state index contributed by atoms with van der Waals surface area (Å²) in [5.41, 5.74) is 2.33. The lowest BCUT2D eigenvalue weighted by atomic mass is 9.84. The standard InChI is InChI=1S/C14H21BrN2O2/c1-10-13(15)11(2)17(16-10)12-3-6-19-14(9-12)4-7-18-8-5-14/h12H,3-9H2,1-2H3. The van der Waals surface area contributed by atoms with Crippen LogP contribution in [0, 0.1) is 13.8 Å². The molecule has 5 heteroatoms. The molecule has 3 rings (SSSR count). The fourth-order valence-corrected chi connectivity index (χ4v) is 3.56. The molecule has 19 heavy (non-hydrogen) atoms. The molecule has 0 radical (unpaired) electrons. The number of nitrogens with zero attached hydrogens (tertiary/aromatic N) is 2. The SMILES string of the molecule is Cc1nn(C2CCOC3(CCOCC3)C2)c(C)c1Br. The van der Waals surface area contributed by atoms with Gasteiger partial charge in [-0.1, -0.05) is 0 Å². The number of halogens is 1. The maximum absolute atomic E-state index is 6.10. The van der Waals surface area contributed by atoms with Crippen LogP contribution in [-0.4, -0.2) is 35.2 Å². The van der Waals surface area contributed by atoms with E-state index in [1.165, 1.54) is 5.69 Å². The van der Waals surface area contributed by atoms with E-state index in [1.807, 2.05) is 0 Å². The third-order valence-corrected chi connectivity index (χ3v) is 5.60. The van der Waals surface area contributed by atoms with Gasteiger partial charge in [0.2, 0.25) is 0 Å². The van der Waals surface area contributed by atoms with Gasteiger partial charge in [-0.15, -0.1) is 0 Å². The molecule has 0 aliphatic carbocycles. The summed E-state index contributed by atoms with van der Waals surface area (Å²) in [7, 11) is 0. The lowest BCUT2D eigenvalue weighted by Gasteiger charge is -2.43. The molecular formula is C14H21BrN2O2. The van der Waals surface area contributed by atoms with E-state index in [2.05, 4.69) is 34.5 Å². The lowest BCUT2D eigenvalue weighted by Crippen LogP contribution is -2.45. The summed E-state index contributed by atoms with van der Waals surface area (Å²) in [6.07, 6.45) is 4.15. The highest BCUT2D eigenvalue weighted by molar-refractivity contribution is 9.10. The Kier molecular flexibility index (Phi) is 3.71. The maximum Gasteiger partial charge on any atom is 0.0746 e. The second kappa shape index (κ2) is 5.19. The second-order valence-electron chi connectivity index (χ2n) is 5.72. The summed E-state index contributed by atoms with van der Waals surface area (Å²) in [6, 6.07) is 0.455. The monoisotopic (exact) mass is 328 g/mol. The van der Waals surface area contributed by atoms with Gasteiger partial charge >= 0.3 is 0 Å². The van der Waals surface area contributed by atoms with Crippen molar-refractivity contribution < 1.29 is 9.47 Å². The van der Waals surface area contributed by atoms with E-state index in [1.54, 1.807) is 0 Å². The van der Waals surface area contributed by atoms with Gasteiger partial charge in [-0.3, -0.25) is 4.68 Å². The van der Waals surface area contributed by atoms with Gasteiger partial charge in [0.25, 0.3) is 0 Å². The smallest absolute Gasteiger partial charge is 0.0746 e. The molecule has 4 nitrogen and oxygen atoms in total. The van der Waals surface area contributed by atoms with E-state index in [0.717, 1.165) is 55.7 Å². The molecule has 0 N–H and O–H groups in total. The van der Waals surface area contributed by atoms with Gasteiger partial charge in [0, 0.05) is 19.8 Å². The zero-order valence-electron chi connectivity index (χ0n) is 11.6. The van der Waals surface area contributed by atoms with Crippen LogP contribution in [-0.2, 0) is 9.47 Å². The summed E-state index contributed by atoms with van der Waals surface area (Å²) in [5, 5.41) is 4.69. The molecule has 1 unspecified atom stereocenters. The fraction of sp³-hybridized carbons (Fsp3) is 0.786. The van der Waals surface area contributed by atoms with Crippen LogP contribution in [0.1, 0.15) is 43.1 Å². The van der Waals surface area contributed by atoms with Crippen LogP contribution >= 0.6 is 15.9 Å². The lowest BCUT2D eigenvalue weighted by molar-refractivity contribution is -0.145. The first-order chi connectivity index (χ1) is 9.11. The van der Waals surface area contributed by atoms with Crippen molar-refractivity contribution in [1.82, 2.24) is 9.78 Å². The molecule has 106 valence electrons. The number of aryl methyl sites for hydroxylation is 1. The third-order valence-electron chi connectivity index (χ3n) is 4.45. The molecule has 0 aromatic carbocycles. The number of rotatable bonds is 1. The highest BCUT2D eigenvalue weighted by Crippen LogP contribution is 2.40. The van der Waals surface area contributed by atoms with Crippen LogP contribution in [0.4, 0.5) is 0 Å². The van der Waals surface area contributed by atoms with Crippen LogP contribution in [0.3, 0.4) is 0 Å². The first kappa shape index (κ1) is 13.6. The van der Waals surface area contributed by atoms with Crippen molar-refractivity contribution in [2.75, 3.05) is 19.8 Å². The normalized spacial score (nSPS) is 26.8. The van der Waals surface area contributed by atoms with Gasteiger partial charge in [0.05, 0.1) is 27.5 Å². The first-order valence-corrected chi connectivity index (χ1v) is 7.83. The summed E-state index contributed by atoms with van der Waals surface area (Å²) in [5.74, 6) is 0. The molecule has 2 fully saturated rings. The minimum absolute atomic E-state index is 0.0277. The van der Waals surface area contributed by atoms with Crippen molar-refractivity contribution in [3.05, 3.63) is 15.9 Å². The fourth-order valence-electron chi connectivity index (χ4n) is 3.30. The van der Waals surface area contributed by atoms with E-state index >= 15 is 0 Å². The molecule has 0 bridgehead atoms. The van der Waals surface area contributed by atoms with Gasteiger partial charge in [-0.25, -0.2) is 0 Å². The maximum atomic E-state index is 6.10. The van der Waals surface area contributed by atoms with Gasteiger partial charge in [-0.05, 0) is 55.5 Å². The van der Waals surface area contributed by atoms with E-state index in [-0.39, 0.29) is 5.60 Å². The van der Waals surface area contributed by atoms with E-state index in [4.69, 9.17) is 14.6 Å². The molecule has 0 amide bonds. The topological polar surface area (TPSA) is 36.3 Å². The first-order valence-electron chi connectivity index (χ1n) is 7.04. The summed E-state index contributed by atoms with van der Waals surface area (Å²) in [6.45, 7) is 6.68. The van der Waals surface area contributed by atoms with Crippen LogP contribution < -0.4 is 0 Å². The van der Waals surface area contributed by atoms with Crippen molar-refractivity contribution in [2.24, 2.45) is 0 Å². The average molecular weight is 329 g/mol. The molecule has 2 saturated heterocycles. The Morgan fingerprint density at radius 3 is 2.63 bits per heavy atom. The van der Waals surface area contributed by atoms with Crippen molar-refractivity contribution in [3.63, 3.8) is 0 Å². The molecule has 1 spiro atoms. The number of ether oxygens (including phenoxy) is 2. The molecule has 1 atom stereocenters. The zero-order chi connectivity index (χ0) is 13.5. The molecule has 0 saturated carbocycles. The molecule has 1 aromatic heterocycles. The van der Waals surface area contributed by atoms with Gasteiger partial charge in [-0.2, -0.15) is 5.10 Å². The predicted molar refractivity (Wildman–Crippen MR) is 76.4 cm³/mol. The molecular weight excluding hydrogens is 308 g/mol. The van der Waals surface area contributed by atoms with E-state index in [0.29, 0.717) is 6.04 Å². The quantitative estimate of drug-likeness (QED) is 0.794. The van der Waals surface area contributed by atoms with Crippen molar-refractivity contribution in [3.8, 4) is 0 Å². The Bertz CT molecular complexity index is 461. The number of hydrogen-bond donors (Lipinski definition) is 0. The highest BCUT2D eigenvalue weighted by Gasteiger charge is 2.40. The van der Waals surface area contributed by atoms with Crippen LogP contribution in [0.25, 0.3) is 0 Å². The second-order valence-corrected chi connectivity index (χ2v) is 6.51. The molecule has 2 aliphatic heterocycles. The van der Waals surface area contributed by atoms with Crippen molar-refractivity contribution in [1.29, 1.82) is 0 Å². The number of aromatic nitrogens is 2. The Labute approximate surface area is 122 Å². The average Bonchev–Trinajstić information content (AvgIpc) is 2.68. The Morgan fingerprint density at radius 2 is 2.00 bits per heavy atom. The largest absolute Gasteiger partial charge is 0.381 e. The third kappa shape index (κ3) is 2.48. The van der Waals surface area contributed by atoms with Gasteiger partial charge in [0.1, 0.15) is 0 Å². The zero-order valence-corrected chi connectivity index (χ0v) is 13.2.